The molecule has 15 heteroatoms. The third-order valence-electron chi connectivity index (χ3n) is 9.98. The smallest absolute Gasteiger partial charge is 0.336 e. The number of aryl methyl sites for hydroxylation is 1. The third-order valence-corrected chi connectivity index (χ3v) is 11.3. The van der Waals surface area contributed by atoms with Crippen molar-refractivity contribution in [1.29, 1.82) is 0 Å². The number of hydrogen-bond donors (Lipinski definition) is 6. The fraction of sp³-hybridized carbons (Fsp3) is 0.111. The van der Waals surface area contributed by atoms with Gasteiger partial charge >= 0.3 is 11.9 Å². The molecule has 0 spiro atoms. The highest BCUT2D eigenvalue weighted by atomic mass is 32.2. The SMILES string of the molecule is O=C(O)c1cc(C(=O)N(Cc2cccc(Oc3ccccc3)c2)[C@H]2CCCc3ccccc32)c(C(=O)O)cc1C(=O)NS(=O)(=O)c1ccc(Nc2cccc(O)c2O)cc1. The maximum Gasteiger partial charge on any atom is 0.336 e. The lowest BCUT2D eigenvalue weighted by atomic mass is 9.86. The standard InChI is InChI=1S/C45H37N3O11S/c49-40-18-8-16-38(41(40)50)46-29-19-21-32(22-20-29)60(57,58)47-42(51)34-24-37(45(55)56)35(25-36(34)44(53)54)43(52)48(39-17-7-11-28-10-4-5-15-33(28)39)26-27-9-6-14-31(23-27)59-30-12-2-1-3-13-30/h1-6,8-10,12-16,18-25,39,46,49-50H,7,11,17,26H2,(H,47,51)(H,53,54)(H,55,56)/t39-/m0/s1. The highest BCUT2D eigenvalue weighted by Gasteiger charge is 2.34. The van der Waals surface area contributed by atoms with Gasteiger partial charge in [0.1, 0.15) is 11.5 Å². The van der Waals surface area contributed by atoms with Crippen molar-refractivity contribution >= 4 is 45.2 Å². The van der Waals surface area contributed by atoms with Crippen LogP contribution in [0.25, 0.3) is 0 Å². The molecule has 0 bridgehead atoms. The second-order valence-electron chi connectivity index (χ2n) is 13.9. The zero-order valence-corrected chi connectivity index (χ0v) is 32.4. The number of phenolic OH excluding ortho intramolecular Hbond substituents is 2. The molecule has 6 aromatic rings. The summed E-state index contributed by atoms with van der Waals surface area (Å²) in [6.07, 6.45) is 1.99. The van der Waals surface area contributed by atoms with Gasteiger partial charge in [-0.2, -0.15) is 0 Å². The molecule has 0 aliphatic heterocycles. The number of carbonyl (C=O) groups excluding carboxylic acids is 2. The number of aromatic hydroxyl groups is 2. The number of ether oxygens (including phenoxy) is 1. The average Bonchev–Trinajstić information content (AvgIpc) is 3.24. The zero-order chi connectivity index (χ0) is 42.6. The molecule has 60 heavy (non-hydrogen) atoms. The average molecular weight is 828 g/mol. The predicted octanol–water partition coefficient (Wildman–Crippen LogP) is 7.87. The molecule has 0 aromatic heterocycles. The molecular weight excluding hydrogens is 791 g/mol. The van der Waals surface area contributed by atoms with Gasteiger partial charge in [0.25, 0.3) is 21.8 Å². The topological polar surface area (TPSA) is 220 Å². The van der Waals surface area contributed by atoms with Crippen LogP contribution in [-0.2, 0) is 23.0 Å². The van der Waals surface area contributed by atoms with Gasteiger partial charge in [0.05, 0.1) is 38.9 Å². The molecular formula is C45H37N3O11S. The minimum absolute atomic E-state index is 0.0327. The Labute approximate surface area is 344 Å². The molecule has 1 atom stereocenters. The van der Waals surface area contributed by atoms with Crippen LogP contribution in [0.15, 0.2) is 138 Å². The first-order valence-electron chi connectivity index (χ1n) is 18.6. The molecule has 0 radical (unpaired) electrons. The number of rotatable bonds is 13. The Morgan fingerprint density at radius 3 is 2.08 bits per heavy atom. The highest BCUT2D eigenvalue weighted by Crippen LogP contribution is 2.38. The van der Waals surface area contributed by atoms with Crippen LogP contribution in [-0.4, -0.2) is 57.5 Å². The van der Waals surface area contributed by atoms with Crippen molar-refractivity contribution < 1.29 is 52.8 Å². The summed E-state index contributed by atoms with van der Waals surface area (Å²) in [7, 11) is -4.67. The molecule has 1 aliphatic rings. The fourth-order valence-corrected chi connectivity index (χ4v) is 8.08. The minimum Gasteiger partial charge on any atom is -0.504 e. The fourth-order valence-electron chi connectivity index (χ4n) is 7.12. The van der Waals surface area contributed by atoms with Crippen molar-refractivity contribution in [3.05, 3.63) is 172 Å². The van der Waals surface area contributed by atoms with E-state index in [0.29, 0.717) is 41.7 Å². The molecule has 7 rings (SSSR count). The van der Waals surface area contributed by atoms with Crippen molar-refractivity contribution in [2.45, 2.75) is 36.7 Å². The van der Waals surface area contributed by atoms with Gasteiger partial charge in [-0.15, -0.1) is 0 Å². The highest BCUT2D eigenvalue weighted by molar-refractivity contribution is 7.90. The van der Waals surface area contributed by atoms with Crippen molar-refractivity contribution in [3.8, 4) is 23.0 Å². The maximum absolute atomic E-state index is 14.8. The van der Waals surface area contributed by atoms with Crippen LogP contribution in [0.5, 0.6) is 23.0 Å². The molecule has 0 unspecified atom stereocenters. The van der Waals surface area contributed by atoms with Gasteiger partial charge in [0.2, 0.25) is 0 Å². The van der Waals surface area contributed by atoms with E-state index >= 15 is 0 Å². The lowest BCUT2D eigenvalue weighted by molar-refractivity contribution is 0.0614. The molecule has 6 aromatic carbocycles. The maximum atomic E-state index is 14.8. The van der Waals surface area contributed by atoms with E-state index in [2.05, 4.69) is 5.32 Å². The summed E-state index contributed by atoms with van der Waals surface area (Å²) in [5.41, 5.74) is 0.0945. The number of phenols is 2. The second kappa shape index (κ2) is 17.1. The molecule has 14 nitrogen and oxygen atoms in total. The van der Waals surface area contributed by atoms with Gasteiger partial charge in [0.15, 0.2) is 11.5 Å². The number of carbonyl (C=O) groups is 4. The number of amides is 2. The first-order valence-corrected chi connectivity index (χ1v) is 20.1. The normalized spacial score (nSPS) is 13.4. The van der Waals surface area contributed by atoms with Crippen molar-refractivity contribution in [2.24, 2.45) is 0 Å². The molecule has 304 valence electrons. The number of aromatic carboxylic acids is 2. The van der Waals surface area contributed by atoms with Crippen molar-refractivity contribution in [3.63, 3.8) is 0 Å². The second-order valence-corrected chi connectivity index (χ2v) is 15.6. The van der Waals surface area contributed by atoms with E-state index in [0.717, 1.165) is 35.7 Å². The van der Waals surface area contributed by atoms with Crippen LogP contribution < -0.4 is 14.8 Å². The van der Waals surface area contributed by atoms with E-state index in [-0.39, 0.29) is 18.0 Å². The number of para-hydroxylation sites is 2. The predicted molar refractivity (Wildman–Crippen MR) is 219 cm³/mol. The first-order chi connectivity index (χ1) is 28.8. The number of anilines is 2. The van der Waals surface area contributed by atoms with Crippen LogP contribution in [0, 0.1) is 0 Å². The van der Waals surface area contributed by atoms with E-state index in [9.17, 15) is 48.0 Å². The lowest BCUT2D eigenvalue weighted by Gasteiger charge is -2.36. The summed E-state index contributed by atoms with van der Waals surface area (Å²) in [6, 6.07) is 33.8. The summed E-state index contributed by atoms with van der Waals surface area (Å²) in [5.74, 6) is -5.38. The van der Waals surface area contributed by atoms with Crippen LogP contribution in [0.1, 0.15) is 77.0 Å². The number of fused-ring (bicyclic) bond motifs is 1. The Kier molecular flexibility index (Phi) is 11.5. The van der Waals surface area contributed by atoms with Gasteiger partial charge in [-0.3, -0.25) is 9.59 Å². The van der Waals surface area contributed by atoms with E-state index in [1.54, 1.807) is 41.1 Å². The van der Waals surface area contributed by atoms with Crippen molar-refractivity contribution in [2.75, 3.05) is 5.32 Å². The van der Waals surface area contributed by atoms with E-state index < -0.39 is 72.7 Å². The Morgan fingerprint density at radius 1 is 0.700 bits per heavy atom. The summed E-state index contributed by atoms with van der Waals surface area (Å²) >= 11 is 0. The Morgan fingerprint density at radius 2 is 1.35 bits per heavy atom. The lowest BCUT2D eigenvalue weighted by Crippen LogP contribution is -2.37. The quantitative estimate of drug-likeness (QED) is 0.0613. The Hall–Kier alpha value is -7.65. The van der Waals surface area contributed by atoms with Crippen LogP contribution >= 0.6 is 0 Å². The number of benzene rings is 6. The Bertz CT molecular complexity index is 2740. The number of carboxylic acids is 2. The number of sulfonamides is 1. The van der Waals surface area contributed by atoms with Gasteiger partial charge in [0, 0.05) is 12.2 Å². The molecule has 0 saturated heterocycles. The van der Waals surface area contributed by atoms with Crippen LogP contribution in [0.4, 0.5) is 11.4 Å². The van der Waals surface area contributed by atoms with Crippen LogP contribution in [0.2, 0.25) is 0 Å². The van der Waals surface area contributed by atoms with Gasteiger partial charge in [-0.05, 0) is 109 Å². The minimum atomic E-state index is -4.67. The summed E-state index contributed by atoms with van der Waals surface area (Å²) in [5, 5.41) is 43.4. The molecule has 0 saturated carbocycles. The monoisotopic (exact) mass is 827 g/mol. The molecule has 6 N–H and O–H groups in total. The first kappa shape index (κ1) is 40.5. The van der Waals surface area contributed by atoms with Gasteiger partial charge < -0.3 is 35.4 Å². The van der Waals surface area contributed by atoms with E-state index in [1.807, 2.05) is 42.5 Å². The summed E-state index contributed by atoms with van der Waals surface area (Å²) < 4.78 is 34.6. The van der Waals surface area contributed by atoms with Crippen LogP contribution in [0.3, 0.4) is 0 Å². The van der Waals surface area contributed by atoms with Gasteiger partial charge in [-0.1, -0.05) is 60.7 Å². The third kappa shape index (κ3) is 8.75. The number of carboxylic acid groups (broad SMARTS) is 2. The summed E-state index contributed by atoms with van der Waals surface area (Å²) in [6.45, 7) is -0.0327. The van der Waals surface area contributed by atoms with E-state index in [4.69, 9.17) is 4.74 Å². The number of nitrogens with one attached hydrogen (secondary N) is 2. The van der Waals surface area contributed by atoms with Crippen molar-refractivity contribution in [1.82, 2.24) is 9.62 Å². The zero-order valence-electron chi connectivity index (χ0n) is 31.6. The van der Waals surface area contributed by atoms with Gasteiger partial charge in [-0.25, -0.2) is 22.7 Å². The molecule has 1 aliphatic carbocycles. The number of hydrogen-bond acceptors (Lipinski definition) is 10. The van der Waals surface area contributed by atoms with E-state index in [1.165, 1.54) is 35.2 Å². The molecule has 0 fully saturated rings. The largest absolute Gasteiger partial charge is 0.504 e. The molecule has 0 heterocycles. The molecule has 2 amide bonds. The summed E-state index contributed by atoms with van der Waals surface area (Å²) in [4.78, 5) is 55.0. The number of nitrogens with zero attached hydrogens (tertiary/aromatic N) is 1. The Balaban J connectivity index is 1.21.